The van der Waals surface area contributed by atoms with E-state index in [1.54, 1.807) is 7.11 Å². The number of rotatable bonds is 7. The summed E-state index contributed by atoms with van der Waals surface area (Å²) in [6.45, 7) is 3.86. The van der Waals surface area contributed by atoms with Crippen molar-refractivity contribution in [3.8, 4) is 5.75 Å². The summed E-state index contributed by atoms with van der Waals surface area (Å²) < 4.78 is 8.89. The van der Waals surface area contributed by atoms with Gasteiger partial charge in [0.05, 0.1) is 32.6 Å². The number of nitrogens with two attached hydrogens (primary N) is 1. The molecule has 1 unspecified atom stereocenters. The predicted molar refractivity (Wildman–Crippen MR) is 90.9 cm³/mol. The molecule has 0 amide bonds. The molecule has 2 N–H and O–H groups in total. The van der Waals surface area contributed by atoms with Crippen LogP contribution in [-0.2, 0) is 13.1 Å². The van der Waals surface area contributed by atoms with Crippen LogP contribution in [0.1, 0.15) is 22.7 Å². The van der Waals surface area contributed by atoms with Gasteiger partial charge in [-0.2, -0.15) is 5.10 Å². The van der Waals surface area contributed by atoms with Crippen molar-refractivity contribution in [2.45, 2.75) is 25.9 Å². The fraction of sp³-hybridized carbons (Fsp3) is 0.353. The summed E-state index contributed by atoms with van der Waals surface area (Å²) in [5, 5.41) is 12.7. The van der Waals surface area contributed by atoms with Gasteiger partial charge >= 0.3 is 0 Å². The van der Waals surface area contributed by atoms with Crippen LogP contribution in [0.5, 0.6) is 5.75 Å². The lowest BCUT2D eigenvalue weighted by Gasteiger charge is -2.15. The van der Waals surface area contributed by atoms with Crippen LogP contribution in [0.25, 0.3) is 0 Å². The van der Waals surface area contributed by atoms with Crippen molar-refractivity contribution < 1.29 is 4.74 Å². The van der Waals surface area contributed by atoms with Crippen molar-refractivity contribution in [2.75, 3.05) is 13.7 Å². The number of nitrogens with zero attached hydrogens (tertiary/aromatic N) is 5. The topological polar surface area (TPSA) is 83.8 Å². The number of benzene rings is 1. The molecule has 0 aliphatic carbocycles. The number of hydrogen-bond donors (Lipinski definition) is 1. The second-order valence-corrected chi connectivity index (χ2v) is 5.85. The number of ether oxygens (including phenoxy) is 1. The molecule has 0 spiro atoms. The van der Waals surface area contributed by atoms with Crippen LogP contribution in [0, 0.1) is 6.92 Å². The maximum atomic E-state index is 5.95. The molecule has 0 aliphatic rings. The lowest BCUT2D eigenvalue weighted by atomic mass is 9.99. The Morgan fingerprint density at radius 3 is 2.58 bits per heavy atom. The van der Waals surface area contributed by atoms with Crippen LogP contribution in [-0.4, -0.2) is 38.4 Å². The van der Waals surface area contributed by atoms with Crippen LogP contribution in [0.3, 0.4) is 0 Å². The summed E-state index contributed by atoms with van der Waals surface area (Å²) in [5.41, 5.74) is 9.12. The Morgan fingerprint density at radius 2 is 1.96 bits per heavy atom. The van der Waals surface area contributed by atoms with E-state index in [0.29, 0.717) is 19.6 Å². The molecule has 2 aromatic heterocycles. The summed E-state index contributed by atoms with van der Waals surface area (Å²) >= 11 is 0. The molecule has 7 nitrogen and oxygen atoms in total. The SMILES string of the molecule is COc1ccc(C(CN)Cn2cc(Cn3cc(C)cn3)nn2)cc1. The molecule has 0 radical (unpaired) electrons. The molecule has 0 bridgehead atoms. The lowest BCUT2D eigenvalue weighted by molar-refractivity contribution is 0.414. The average molecular weight is 326 g/mol. The van der Waals surface area contributed by atoms with Crippen molar-refractivity contribution >= 4 is 0 Å². The molecule has 0 fully saturated rings. The fourth-order valence-corrected chi connectivity index (χ4v) is 2.64. The summed E-state index contributed by atoms with van der Waals surface area (Å²) in [4.78, 5) is 0. The fourth-order valence-electron chi connectivity index (χ4n) is 2.64. The van der Waals surface area contributed by atoms with E-state index in [4.69, 9.17) is 10.5 Å². The van der Waals surface area contributed by atoms with E-state index < -0.39 is 0 Å². The molecule has 0 saturated heterocycles. The van der Waals surface area contributed by atoms with Gasteiger partial charge in [0, 0.05) is 18.7 Å². The first-order valence-corrected chi connectivity index (χ1v) is 7.90. The van der Waals surface area contributed by atoms with Crippen LogP contribution >= 0.6 is 0 Å². The van der Waals surface area contributed by atoms with Crippen molar-refractivity contribution in [3.05, 3.63) is 59.7 Å². The van der Waals surface area contributed by atoms with Gasteiger partial charge in [0.1, 0.15) is 11.4 Å². The normalized spacial score (nSPS) is 12.3. The molecule has 2 heterocycles. The smallest absolute Gasteiger partial charge is 0.118 e. The largest absolute Gasteiger partial charge is 0.497 e. The Morgan fingerprint density at radius 1 is 1.17 bits per heavy atom. The van der Waals surface area contributed by atoms with Gasteiger partial charge in [-0.25, -0.2) is 0 Å². The maximum absolute atomic E-state index is 5.95. The Balaban J connectivity index is 1.67. The first kappa shape index (κ1) is 16.2. The summed E-state index contributed by atoms with van der Waals surface area (Å²) in [7, 11) is 1.66. The number of methoxy groups -OCH3 is 1. The van der Waals surface area contributed by atoms with Gasteiger partial charge in [0.15, 0.2) is 0 Å². The van der Waals surface area contributed by atoms with Gasteiger partial charge in [-0.15, -0.1) is 5.10 Å². The van der Waals surface area contributed by atoms with E-state index in [0.717, 1.165) is 22.6 Å². The average Bonchev–Trinajstić information content (AvgIpc) is 3.22. The Hall–Kier alpha value is -2.67. The summed E-state index contributed by atoms with van der Waals surface area (Å²) in [6, 6.07) is 7.98. The van der Waals surface area contributed by atoms with Crippen molar-refractivity contribution in [2.24, 2.45) is 5.73 Å². The first-order valence-electron chi connectivity index (χ1n) is 7.90. The third kappa shape index (κ3) is 3.80. The van der Waals surface area contributed by atoms with E-state index in [1.165, 1.54) is 0 Å². The zero-order valence-electron chi connectivity index (χ0n) is 14.0. The summed E-state index contributed by atoms with van der Waals surface area (Å²) in [6.07, 6.45) is 5.76. The highest BCUT2D eigenvalue weighted by Crippen LogP contribution is 2.20. The van der Waals surface area contributed by atoms with E-state index in [1.807, 2.05) is 59.1 Å². The molecule has 3 aromatic rings. The highest BCUT2D eigenvalue weighted by molar-refractivity contribution is 5.29. The van der Waals surface area contributed by atoms with Crippen molar-refractivity contribution in [1.29, 1.82) is 0 Å². The molecule has 24 heavy (non-hydrogen) atoms. The number of aryl methyl sites for hydroxylation is 1. The van der Waals surface area contributed by atoms with Crippen molar-refractivity contribution in [3.63, 3.8) is 0 Å². The second kappa shape index (κ2) is 7.27. The van der Waals surface area contributed by atoms with Gasteiger partial charge in [0.2, 0.25) is 0 Å². The molecule has 7 heteroatoms. The Bertz CT molecular complexity index is 776. The van der Waals surface area contributed by atoms with Gasteiger partial charge in [-0.1, -0.05) is 17.3 Å². The van der Waals surface area contributed by atoms with Gasteiger partial charge in [0.25, 0.3) is 0 Å². The lowest BCUT2D eigenvalue weighted by Crippen LogP contribution is -2.18. The highest BCUT2D eigenvalue weighted by atomic mass is 16.5. The molecule has 0 saturated carbocycles. The Kier molecular flexibility index (Phi) is 4.90. The highest BCUT2D eigenvalue weighted by Gasteiger charge is 2.12. The zero-order valence-corrected chi connectivity index (χ0v) is 14.0. The molecule has 3 rings (SSSR count). The van der Waals surface area contributed by atoms with Gasteiger partial charge in [-0.3, -0.25) is 9.36 Å². The van der Waals surface area contributed by atoms with Crippen molar-refractivity contribution in [1.82, 2.24) is 24.8 Å². The van der Waals surface area contributed by atoms with Crippen LogP contribution in [0.4, 0.5) is 0 Å². The van der Waals surface area contributed by atoms with Gasteiger partial charge < -0.3 is 10.5 Å². The quantitative estimate of drug-likeness (QED) is 0.713. The molecule has 0 aliphatic heterocycles. The first-order chi connectivity index (χ1) is 11.7. The zero-order chi connectivity index (χ0) is 16.9. The molecule has 126 valence electrons. The van der Waals surface area contributed by atoms with Crippen LogP contribution < -0.4 is 10.5 Å². The third-order valence-electron chi connectivity index (χ3n) is 3.95. The van der Waals surface area contributed by atoms with E-state index >= 15 is 0 Å². The van der Waals surface area contributed by atoms with Crippen LogP contribution in [0.15, 0.2) is 42.9 Å². The molecular weight excluding hydrogens is 304 g/mol. The van der Waals surface area contributed by atoms with E-state index in [-0.39, 0.29) is 5.92 Å². The van der Waals surface area contributed by atoms with Gasteiger partial charge in [-0.05, 0) is 30.2 Å². The third-order valence-corrected chi connectivity index (χ3v) is 3.95. The molecular formula is C17H22N6O. The number of aromatic nitrogens is 5. The second-order valence-electron chi connectivity index (χ2n) is 5.85. The maximum Gasteiger partial charge on any atom is 0.118 e. The standard InChI is InChI=1S/C17H22N6O/c1-13-8-19-22(9-13)11-16-12-23(21-20-16)10-15(7-18)14-3-5-17(24-2)6-4-14/h3-6,8-9,12,15H,7,10-11,18H2,1-2H3. The number of hydrogen-bond acceptors (Lipinski definition) is 5. The minimum Gasteiger partial charge on any atom is -0.497 e. The summed E-state index contributed by atoms with van der Waals surface area (Å²) in [5.74, 6) is 1.02. The monoisotopic (exact) mass is 326 g/mol. The van der Waals surface area contributed by atoms with E-state index in [2.05, 4.69) is 15.4 Å². The molecule has 1 aromatic carbocycles. The minimum atomic E-state index is 0.178. The minimum absolute atomic E-state index is 0.178. The molecule has 1 atom stereocenters. The van der Waals surface area contributed by atoms with E-state index in [9.17, 15) is 0 Å². The predicted octanol–water partition coefficient (Wildman–Crippen LogP) is 1.58. The Labute approximate surface area is 141 Å². The van der Waals surface area contributed by atoms with Crippen LogP contribution in [0.2, 0.25) is 0 Å².